The molecule has 0 radical (unpaired) electrons. The number of halogens is 4. The lowest BCUT2D eigenvalue weighted by Crippen LogP contribution is -2.46. The van der Waals surface area contributed by atoms with Gasteiger partial charge in [-0.2, -0.15) is 13.2 Å². The number of hydrogen-bond donors (Lipinski definition) is 1. The molecule has 0 aliphatic carbocycles. The highest BCUT2D eigenvalue weighted by Crippen LogP contribution is 2.19. The fourth-order valence-corrected chi connectivity index (χ4v) is 1.85. The first-order valence-corrected chi connectivity index (χ1v) is 5.12. The molecule has 14 heavy (non-hydrogen) atoms. The molecule has 1 amide bonds. The fraction of sp³-hybridized carbons (Fsp3) is 0.857. The lowest BCUT2D eigenvalue weighted by atomic mass is 10.1. The highest BCUT2D eigenvalue weighted by molar-refractivity contribution is 9.09. The largest absolute Gasteiger partial charge is 0.471 e. The molecule has 1 aliphatic heterocycles. The van der Waals surface area contributed by atoms with Gasteiger partial charge in [0.15, 0.2) is 0 Å². The Morgan fingerprint density at radius 3 is 2.71 bits per heavy atom. The topological polar surface area (TPSA) is 38.3 Å². The van der Waals surface area contributed by atoms with Crippen molar-refractivity contribution in [3.05, 3.63) is 0 Å². The summed E-state index contributed by atoms with van der Waals surface area (Å²) in [5.41, 5.74) is 0. The summed E-state index contributed by atoms with van der Waals surface area (Å²) < 4.78 is 40.7. The molecule has 1 aliphatic rings. The third kappa shape index (κ3) is 2.84. The Morgan fingerprint density at radius 1 is 1.57 bits per heavy atom. The summed E-state index contributed by atoms with van der Waals surface area (Å²) in [5.74, 6) is -1.90. The summed E-state index contributed by atoms with van der Waals surface area (Å²) in [6.45, 7) is 0.374. The molecule has 3 nitrogen and oxygen atoms in total. The van der Waals surface area contributed by atoms with Crippen LogP contribution in [0.3, 0.4) is 0 Å². The SMILES string of the molecule is O=C(NC1CCOC1CBr)C(F)(F)F. The van der Waals surface area contributed by atoms with Crippen LogP contribution in [0.2, 0.25) is 0 Å². The molecule has 7 heteroatoms. The van der Waals surface area contributed by atoms with Gasteiger partial charge in [-0.1, -0.05) is 15.9 Å². The van der Waals surface area contributed by atoms with Crippen molar-refractivity contribution in [3.8, 4) is 0 Å². The van der Waals surface area contributed by atoms with E-state index < -0.39 is 18.1 Å². The van der Waals surface area contributed by atoms with Gasteiger partial charge in [0.2, 0.25) is 0 Å². The highest BCUT2D eigenvalue weighted by atomic mass is 79.9. The van der Waals surface area contributed by atoms with Crippen molar-refractivity contribution >= 4 is 21.8 Å². The smallest absolute Gasteiger partial charge is 0.375 e. The molecule has 1 N–H and O–H groups in total. The van der Waals surface area contributed by atoms with E-state index in [0.717, 1.165) is 0 Å². The number of rotatable bonds is 2. The van der Waals surface area contributed by atoms with Crippen molar-refractivity contribution in [3.63, 3.8) is 0 Å². The van der Waals surface area contributed by atoms with E-state index in [-0.39, 0.29) is 6.10 Å². The van der Waals surface area contributed by atoms with Gasteiger partial charge in [-0.3, -0.25) is 4.79 Å². The molecule has 0 saturated carbocycles. The van der Waals surface area contributed by atoms with Crippen LogP contribution in [-0.4, -0.2) is 36.2 Å². The number of amides is 1. The summed E-state index contributed by atoms with van der Waals surface area (Å²) in [6.07, 6.45) is -4.78. The van der Waals surface area contributed by atoms with Crippen LogP contribution in [0.5, 0.6) is 0 Å². The summed E-state index contributed by atoms with van der Waals surface area (Å²) in [7, 11) is 0. The zero-order valence-corrected chi connectivity index (χ0v) is 8.69. The number of hydrogen-bond acceptors (Lipinski definition) is 2. The van der Waals surface area contributed by atoms with E-state index in [2.05, 4.69) is 15.9 Å². The Hall–Kier alpha value is -0.300. The monoisotopic (exact) mass is 275 g/mol. The Labute approximate surface area is 87.1 Å². The summed E-state index contributed by atoms with van der Waals surface area (Å²) in [6, 6.07) is -0.552. The van der Waals surface area contributed by atoms with Crippen molar-refractivity contribution in [1.82, 2.24) is 5.32 Å². The van der Waals surface area contributed by atoms with E-state index in [1.54, 1.807) is 0 Å². The second-order valence-electron chi connectivity index (χ2n) is 2.93. The van der Waals surface area contributed by atoms with E-state index in [1.165, 1.54) is 0 Å². The first kappa shape index (κ1) is 11.8. The van der Waals surface area contributed by atoms with Crippen molar-refractivity contribution < 1.29 is 22.7 Å². The van der Waals surface area contributed by atoms with Crippen LogP contribution in [0.4, 0.5) is 13.2 Å². The normalized spacial score (nSPS) is 27.7. The predicted molar refractivity (Wildman–Crippen MR) is 46.1 cm³/mol. The number of carbonyl (C=O) groups is 1. The van der Waals surface area contributed by atoms with Gasteiger partial charge in [-0.05, 0) is 6.42 Å². The van der Waals surface area contributed by atoms with E-state index in [4.69, 9.17) is 4.74 Å². The third-order valence-electron chi connectivity index (χ3n) is 1.94. The van der Waals surface area contributed by atoms with E-state index >= 15 is 0 Å². The fourth-order valence-electron chi connectivity index (χ4n) is 1.22. The number of ether oxygens (including phenoxy) is 1. The molecule has 2 unspecified atom stereocenters. The van der Waals surface area contributed by atoms with Crippen molar-refractivity contribution in [2.75, 3.05) is 11.9 Å². The van der Waals surface area contributed by atoms with Gasteiger partial charge < -0.3 is 10.1 Å². The summed E-state index contributed by atoms with van der Waals surface area (Å²) in [5, 5.41) is 2.31. The van der Waals surface area contributed by atoms with E-state index in [0.29, 0.717) is 18.4 Å². The second-order valence-corrected chi connectivity index (χ2v) is 3.58. The lowest BCUT2D eigenvalue weighted by molar-refractivity contribution is -0.174. The van der Waals surface area contributed by atoms with Crippen molar-refractivity contribution in [1.29, 1.82) is 0 Å². The molecule has 1 rings (SSSR count). The van der Waals surface area contributed by atoms with Crippen LogP contribution in [0.25, 0.3) is 0 Å². The molecule has 0 spiro atoms. The molecular weight excluding hydrogens is 267 g/mol. The molecule has 1 saturated heterocycles. The molecule has 0 aromatic heterocycles. The molecule has 1 heterocycles. The molecular formula is C7H9BrF3NO2. The molecule has 0 aromatic carbocycles. The maximum atomic E-state index is 11.9. The maximum absolute atomic E-state index is 11.9. The van der Waals surface area contributed by atoms with Crippen LogP contribution in [0.1, 0.15) is 6.42 Å². The van der Waals surface area contributed by atoms with Crippen LogP contribution in [0, 0.1) is 0 Å². The Bertz CT molecular complexity index is 221. The van der Waals surface area contributed by atoms with Crippen LogP contribution < -0.4 is 5.32 Å². The molecule has 1 fully saturated rings. The molecule has 82 valence electrons. The predicted octanol–water partition coefficient (Wildman–Crippen LogP) is 1.22. The zero-order valence-electron chi connectivity index (χ0n) is 7.10. The van der Waals surface area contributed by atoms with Gasteiger partial charge in [0.25, 0.3) is 0 Å². The molecule has 0 bridgehead atoms. The first-order valence-electron chi connectivity index (χ1n) is 4.00. The Morgan fingerprint density at radius 2 is 2.21 bits per heavy atom. The molecule has 2 atom stereocenters. The average Bonchev–Trinajstić information content (AvgIpc) is 2.50. The van der Waals surface area contributed by atoms with Crippen LogP contribution in [0.15, 0.2) is 0 Å². The highest BCUT2D eigenvalue weighted by Gasteiger charge is 2.41. The number of alkyl halides is 4. The average molecular weight is 276 g/mol. The van der Waals surface area contributed by atoms with E-state index in [9.17, 15) is 18.0 Å². The third-order valence-corrected chi connectivity index (χ3v) is 2.57. The minimum absolute atomic E-state index is 0.374. The van der Waals surface area contributed by atoms with Crippen molar-refractivity contribution in [2.24, 2.45) is 0 Å². The van der Waals surface area contributed by atoms with E-state index in [1.807, 2.05) is 5.32 Å². The Kier molecular flexibility index (Phi) is 3.77. The van der Waals surface area contributed by atoms with Gasteiger partial charge in [-0.25, -0.2) is 0 Å². The van der Waals surface area contributed by atoms with Gasteiger partial charge in [-0.15, -0.1) is 0 Å². The summed E-state index contributed by atoms with van der Waals surface area (Å²) >= 11 is 3.10. The molecule has 0 aromatic rings. The standard InChI is InChI=1S/C7H9BrF3NO2/c8-3-5-4(1-2-14-5)12-6(13)7(9,10)11/h4-5H,1-3H2,(H,12,13). The quantitative estimate of drug-likeness (QED) is 0.770. The van der Waals surface area contributed by atoms with Gasteiger partial charge in [0.1, 0.15) is 0 Å². The first-order chi connectivity index (χ1) is 6.45. The summed E-state index contributed by atoms with van der Waals surface area (Å²) in [4.78, 5) is 10.6. The van der Waals surface area contributed by atoms with Gasteiger partial charge in [0, 0.05) is 11.9 Å². The Balaban J connectivity index is 2.48. The second kappa shape index (κ2) is 4.48. The number of carbonyl (C=O) groups excluding carboxylic acids is 1. The van der Waals surface area contributed by atoms with Gasteiger partial charge in [0.05, 0.1) is 12.1 Å². The maximum Gasteiger partial charge on any atom is 0.471 e. The van der Waals surface area contributed by atoms with Gasteiger partial charge >= 0.3 is 12.1 Å². The van der Waals surface area contributed by atoms with Crippen LogP contribution >= 0.6 is 15.9 Å². The minimum Gasteiger partial charge on any atom is -0.375 e. The van der Waals surface area contributed by atoms with Crippen molar-refractivity contribution in [2.45, 2.75) is 24.7 Å². The van der Waals surface area contributed by atoms with Crippen LogP contribution in [-0.2, 0) is 9.53 Å². The minimum atomic E-state index is -4.82. The zero-order chi connectivity index (χ0) is 10.8. The lowest BCUT2D eigenvalue weighted by Gasteiger charge is -2.18. The number of nitrogens with one attached hydrogen (secondary N) is 1.